The molecular formula is C12H21N3. The number of hydrogen-bond acceptors (Lipinski definition) is 3. The SMILES string of the molecule is CN1CCN(C2CCCCC2C#N)CC1. The normalized spacial score (nSPS) is 34.9. The molecule has 2 rings (SSSR count). The minimum Gasteiger partial charge on any atom is -0.304 e. The van der Waals surface area contributed by atoms with Gasteiger partial charge in [-0.1, -0.05) is 12.8 Å². The average Bonchev–Trinajstić information content (AvgIpc) is 2.30. The predicted molar refractivity (Wildman–Crippen MR) is 60.4 cm³/mol. The molecule has 0 bridgehead atoms. The number of nitriles is 1. The molecule has 0 N–H and O–H groups in total. The van der Waals surface area contributed by atoms with E-state index in [1.807, 2.05) is 0 Å². The van der Waals surface area contributed by atoms with Crippen molar-refractivity contribution < 1.29 is 0 Å². The molecule has 1 saturated heterocycles. The Morgan fingerprint density at radius 3 is 2.40 bits per heavy atom. The Bertz CT molecular complexity index is 238. The Labute approximate surface area is 92.7 Å². The summed E-state index contributed by atoms with van der Waals surface area (Å²) in [6, 6.07) is 3.06. The van der Waals surface area contributed by atoms with Crippen molar-refractivity contribution in [3.05, 3.63) is 0 Å². The standard InChI is InChI=1S/C12H21N3/c1-14-6-8-15(9-7-14)12-5-3-2-4-11(12)10-13/h11-12H,2-9H2,1H3. The zero-order chi connectivity index (χ0) is 10.7. The first-order valence-electron chi connectivity index (χ1n) is 6.13. The Morgan fingerprint density at radius 2 is 1.73 bits per heavy atom. The van der Waals surface area contributed by atoms with Gasteiger partial charge in [0.15, 0.2) is 0 Å². The molecule has 2 unspecified atom stereocenters. The highest BCUT2D eigenvalue weighted by molar-refractivity contribution is 4.96. The van der Waals surface area contributed by atoms with Crippen LogP contribution in [0.5, 0.6) is 0 Å². The van der Waals surface area contributed by atoms with Crippen LogP contribution in [-0.4, -0.2) is 49.1 Å². The van der Waals surface area contributed by atoms with Crippen LogP contribution in [0.4, 0.5) is 0 Å². The summed E-state index contributed by atoms with van der Waals surface area (Å²) in [5, 5.41) is 9.16. The van der Waals surface area contributed by atoms with E-state index in [1.54, 1.807) is 0 Å². The molecule has 0 aromatic heterocycles. The van der Waals surface area contributed by atoms with Gasteiger partial charge in [-0.05, 0) is 19.9 Å². The van der Waals surface area contributed by atoms with Gasteiger partial charge in [-0.2, -0.15) is 5.26 Å². The van der Waals surface area contributed by atoms with Crippen molar-refractivity contribution in [3.8, 4) is 6.07 Å². The van der Waals surface area contributed by atoms with Crippen LogP contribution in [-0.2, 0) is 0 Å². The molecule has 2 aliphatic rings. The van der Waals surface area contributed by atoms with Crippen LogP contribution in [0, 0.1) is 17.2 Å². The Hall–Kier alpha value is -0.590. The summed E-state index contributed by atoms with van der Waals surface area (Å²) in [5.74, 6) is 0.294. The lowest BCUT2D eigenvalue weighted by Crippen LogP contribution is -2.51. The van der Waals surface area contributed by atoms with Crippen molar-refractivity contribution in [1.82, 2.24) is 9.80 Å². The number of rotatable bonds is 1. The van der Waals surface area contributed by atoms with E-state index in [0.717, 1.165) is 32.6 Å². The Balaban J connectivity index is 1.93. The topological polar surface area (TPSA) is 30.3 Å². The van der Waals surface area contributed by atoms with Crippen LogP contribution in [0.3, 0.4) is 0 Å². The molecule has 0 radical (unpaired) electrons. The third-order valence-corrected chi connectivity index (χ3v) is 3.90. The van der Waals surface area contributed by atoms with E-state index in [2.05, 4.69) is 22.9 Å². The zero-order valence-corrected chi connectivity index (χ0v) is 9.65. The first kappa shape index (κ1) is 10.9. The average molecular weight is 207 g/mol. The van der Waals surface area contributed by atoms with Gasteiger partial charge in [-0.15, -0.1) is 0 Å². The molecule has 3 nitrogen and oxygen atoms in total. The fourth-order valence-corrected chi connectivity index (χ4v) is 2.85. The lowest BCUT2D eigenvalue weighted by molar-refractivity contribution is 0.0733. The van der Waals surface area contributed by atoms with Crippen LogP contribution in [0.15, 0.2) is 0 Å². The molecule has 1 saturated carbocycles. The maximum absolute atomic E-state index is 9.16. The van der Waals surface area contributed by atoms with Gasteiger partial charge in [-0.25, -0.2) is 0 Å². The smallest absolute Gasteiger partial charge is 0.0672 e. The van der Waals surface area contributed by atoms with Crippen molar-refractivity contribution in [1.29, 1.82) is 5.26 Å². The van der Waals surface area contributed by atoms with Crippen molar-refractivity contribution in [2.75, 3.05) is 33.2 Å². The summed E-state index contributed by atoms with van der Waals surface area (Å²) in [6.07, 6.45) is 4.92. The van der Waals surface area contributed by atoms with Gasteiger partial charge in [0, 0.05) is 32.2 Å². The van der Waals surface area contributed by atoms with E-state index >= 15 is 0 Å². The molecule has 84 valence electrons. The van der Waals surface area contributed by atoms with Crippen molar-refractivity contribution in [2.24, 2.45) is 5.92 Å². The van der Waals surface area contributed by atoms with E-state index < -0.39 is 0 Å². The summed E-state index contributed by atoms with van der Waals surface area (Å²) < 4.78 is 0. The molecule has 15 heavy (non-hydrogen) atoms. The van der Waals surface area contributed by atoms with Crippen LogP contribution in [0.25, 0.3) is 0 Å². The summed E-state index contributed by atoms with van der Waals surface area (Å²) in [4.78, 5) is 4.92. The molecule has 0 aromatic rings. The molecule has 2 fully saturated rings. The second kappa shape index (κ2) is 4.96. The van der Waals surface area contributed by atoms with Crippen LogP contribution < -0.4 is 0 Å². The maximum atomic E-state index is 9.16. The molecule has 1 heterocycles. The third kappa shape index (κ3) is 2.50. The quantitative estimate of drug-likeness (QED) is 0.649. The summed E-state index contributed by atoms with van der Waals surface area (Å²) in [6.45, 7) is 4.63. The summed E-state index contributed by atoms with van der Waals surface area (Å²) in [7, 11) is 2.18. The second-order valence-electron chi connectivity index (χ2n) is 4.93. The first-order valence-corrected chi connectivity index (χ1v) is 6.13. The Morgan fingerprint density at radius 1 is 1.07 bits per heavy atom. The van der Waals surface area contributed by atoms with Crippen molar-refractivity contribution in [3.63, 3.8) is 0 Å². The van der Waals surface area contributed by atoms with E-state index in [1.165, 1.54) is 19.3 Å². The fourth-order valence-electron chi connectivity index (χ4n) is 2.85. The highest BCUT2D eigenvalue weighted by Gasteiger charge is 2.31. The first-order chi connectivity index (χ1) is 7.31. The van der Waals surface area contributed by atoms with Crippen LogP contribution in [0.2, 0.25) is 0 Å². The van der Waals surface area contributed by atoms with Gasteiger partial charge in [0.25, 0.3) is 0 Å². The number of piperazine rings is 1. The molecule has 1 aliphatic carbocycles. The van der Waals surface area contributed by atoms with E-state index in [-0.39, 0.29) is 0 Å². The monoisotopic (exact) mass is 207 g/mol. The Kier molecular flexibility index (Phi) is 3.61. The molecule has 0 aromatic carbocycles. The highest BCUT2D eigenvalue weighted by atomic mass is 15.3. The lowest BCUT2D eigenvalue weighted by Gasteiger charge is -2.41. The van der Waals surface area contributed by atoms with Gasteiger partial charge in [0.1, 0.15) is 0 Å². The molecule has 1 aliphatic heterocycles. The molecule has 0 spiro atoms. The number of nitrogens with zero attached hydrogens (tertiary/aromatic N) is 3. The number of likely N-dealkylation sites (N-methyl/N-ethyl adjacent to an activating group) is 1. The van der Waals surface area contributed by atoms with E-state index in [0.29, 0.717) is 12.0 Å². The summed E-state index contributed by atoms with van der Waals surface area (Å²) in [5.41, 5.74) is 0. The molecule has 3 heteroatoms. The minimum atomic E-state index is 0.294. The third-order valence-electron chi connectivity index (χ3n) is 3.90. The van der Waals surface area contributed by atoms with Gasteiger partial charge in [0.2, 0.25) is 0 Å². The van der Waals surface area contributed by atoms with Gasteiger partial charge >= 0.3 is 0 Å². The maximum Gasteiger partial charge on any atom is 0.0672 e. The second-order valence-corrected chi connectivity index (χ2v) is 4.93. The van der Waals surface area contributed by atoms with E-state index in [4.69, 9.17) is 5.26 Å². The fraction of sp³-hybridized carbons (Fsp3) is 0.917. The molecule has 0 amide bonds. The highest BCUT2D eigenvalue weighted by Crippen LogP contribution is 2.28. The van der Waals surface area contributed by atoms with Crippen molar-refractivity contribution >= 4 is 0 Å². The molecular weight excluding hydrogens is 186 g/mol. The van der Waals surface area contributed by atoms with Crippen LogP contribution >= 0.6 is 0 Å². The zero-order valence-electron chi connectivity index (χ0n) is 9.65. The van der Waals surface area contributed by atoms with Crippen molar-refractivity contribution in [2.45, 2.75) is 31.7 Å². The lowest BCUT2D eigenvalue weighted by atomic mass is 9.84. The molecule has 2 atom stereocenters. The van der Waals surface area contributed by atoms with Gasteiger partial charge in [0.05, 0.1) is 12.0 Å². The predicted octanol–water partition coefficient (Wildman–Crippen LogP) is 1.32. The summed E-state index contributed by atoms with van der Waals surface area (Å²) >= 11 is 0. The number of hydrogen-bond donors (Lipinski definition) is 0. The largest absolute Gasteiger partial charge is 0.304 e. The van der Waals surface area contributed by atoms with E-state index in [9.17, 15) is 0 Å². The van der Waals surface area contributed by atoms with Gasteiger partial charge < -0.3 is 4.90 Å². The van der Waals surface area contributed by atoms with Crippen LogP contribution in [0.1, 0.15) is 25.7 Å². The van der Waals surface area contributed by atoms with Gasteiger partial charge in [-0.3, -0.25) is 4.90 Å². The minimum absolute atomic E-state index is 0.294.